The molecule has 0 saturated heterocycles. The summed E-state index contributed by atoms with van der Waals surface area (Å²) in [6, 6.07) is 6.88. The number of methoxy groups -OCH3 is 1. The molecular formula is C20H33FN4O. The van der Waals surface area contributed by atoms with Crippen LogP contribution in [-0.4, -0.2) is 64.3 Å². The molecule has 0 unspecified atom stereocenters. The van der Waals surface area contributed by atoms with Crippen molar-refractivity contribution in [3.63, 3.8) is 0 Å². The van der Waals surface area contributed by atoms with E-state index in [4.69, 9.17) is 9.73 Å². The fraction of sp³-hybridized carbons (Fsp3) is 0.650. The van der Waals surface area contributed by atoms with Crippen LogP contribution in [0.1, 0.15) is 31.7 Å². The molecule has 5 nitrogen and oxygen atoms in total. The second-order valence-corrected chi connectivity index (χ2v) is 7.06. The quantitative estimate of drug-likeness (QED) is 0.360. The van der Waals surface area contributed by atoms with Crippen molar-refractivity contribution in [2.45, 2.75) is 31.6 Å². The highest BCUT2D eigenvalue weighted by Crippen LogP contribution is 2.48. The number of hydrogen-bond donors (Lipinski definition) is 2. The van der Waals surface area contributed by atoms with Crippen molar-refractivity contribution in [2.75, 3.05) is 53.5 Å². The van der Waals surface area contributed by atoms with Gasteiger partial charge in [-0.3, -0.25) is 4.99 Å². The first kappa shape index (κ1) is 20.6. The number of hydrogen-bond acceptors (Lipinski definition) is 3. The molecule has 0 bridgehead atoms. The van der Waals surface area contributed by atoms with Crippen LogP contribution in [-0.2, 0) is 10.2 Å². The number of likely N-dealkylation sites (N-methyl/N-ethyl adjacent to an activating group) is 1. The fourth-order valence-electron chi connectivity index (χ4n) is 3.02. The van der Waals surface area contributed by atoms with E-state index in [1.165, 1.54) is 5.56 Å². The maximum Gasteiger partial charge on any atom is 0.191 e. The number of ether oxygens (including phenoxy) is 1. The lowest BCUT2D eigenvalue weighted by molar-refractivity contribution is 0.180. The van der Waals surface area contributed by atoms with Crippen molar-refractivity contribution in [2.24, 2.45) is 4.99 Å². The Hall–Kier alpha value is -1.66. The molecule has 0 radical (unpaired) electrons. The zero-order valence-corrected chi connectivity index (χ0v) is 16.4. The number of nitrogens with one attached hydrogen (secondary N) is 2. The van der Waals surface area contributed by atoms with E-state index >= 15 is 0 Å². The smallest absolute Gasteiger partial charge is 0.191 e. The fourth-order valence-corrected chi connectivity index (χ4v) is 3.02. The van der Waals surface area contributed by atoms with E-state index < -0.39 is 0 Å². The van der Waals surface area contributed by atoms with Gasteiger partial charge in [0.2, 0.25) is 0 Å². The molecule has 1 aromatic rings. The Labute approximate surface area is 157 Å². The molecule has 6 heteroatoms. The number of halogens is 1. The zero-order valence-electron chi connectivity index (χ0n) is 16.4. The van der Waals surface area contributed by atoms with E-state index in [-0.39, 0.29) is 11.2 Å². The second-order valence-electron chi connectivity index (χ2n) is 7.06. The lowest BCUT2D eigenvalue weighted by atomic mass is 9.96. The Morgan fingerprint density at radius 3 is 2.58 bits per heavy atom. The highest BCUT2D eigenvalue weighted by molar-refractivity contribution is 5.79. The van der Waals surface area contributed by atoms with Crippen molar-refractivity contribution in [3.05, 3.63) is 35.6 Å². The van der Waals surface area contributed by atoms with Crippen molar-refractivity contribution in [1.82, 2.24) is 15.5 Å². The first-order valence-electron chi connectivity index (χ1n) is 9.55. The van der Waals surface area contributed by atoms with Gasteiger partial charge in [0, 0.05) is 45.3 Å². The van der Waals surface area contributed by atoms with Gasteiger partial charge in [-0.2, -0.15) is 0 Å². The molecule has 0 aromatic heterocycles. The summed E-state index contributed by atoms with van der Waals surface area (Å²) in [7, 11) is 3.86. The van der Waals surface area contributed by atoms with Crippen LogP contribution in [0.2, 0.25) is 0 Å². The maximum absolute atomic E-state index is 13.2. The maximum atomic E-state index is 13.2. The monoisotopic (exact) mass is 364 g/mol. The van der Waals surface area contributed by atoms with Gasteiger partial charge in [-0.1, -0.05) is 12.1 Å². The van der Waals surface area contributed by atoms with Gasteiger partial charge in [-0.15, -0.1) is 0 Å². The molecule has 1 saturated carbocycles. The molecule has 1 aromatic carbocycles. The Kier molecular flexibility index (Phi) is 8.32. The summed E-state index contributed by atoms with van der Waals surface area (Å²) in [6.07, 6.45) is 3.27. The van der Waals surface area contributed by atoms with E-state index in [2.05, 4.69) is 29.5 Å². The molecule has 0 heterocycles. The summed E-state index contributed by atoms with van der Waals surface area (Å²) in [6.45, 7) is 7.26. The van der Waals surface area contributed by atoms with Crippen molar-refractivity contribution >= 4 is 5.96 Å². The average molecular weight is 365 g/mol. The van der Waals surface area contributed by atoms with Gasteiger partial charge in [0.1, 0.15) is 5.82 Å². The van der Waals surface area contributed by atoms with E-state index in [0.29, 0.717) is 0 Å². The summed E-state index contributed by atoms with van der Waals surface area (Å²) in [4.78, 5) is 7.07. The van der Waals surface area contributed by atoms with Gasteiger partial charge in [0.25, 0.3) is 0 Å². The number of guanidine groups is 1. The van der Waals surface area contributed by atoms with Crippen molar-refractivity contribution in [1.29, 1.82) is 0 Å². The Balaban J connectivity index is 1.81. The Morgan fingerprint density at radius 1 is 1.23 bits per heavy atom. The predicted octanol–water partition coefficient (Wildman–Crippen LogP) is 2.38. The summed E-state index contributed by atoms with van der Waals surface area (Å²) in [5, 5.41) is 6.72. The molecule has 0 atom stereocenters. The molecule has 1 aliphatic rings. The van der Waals surface area contributed by atoms with Crippen molar-refractivity contribution in [3.8, 4) is 0 Å². The van der Waals surface area contributed by atoms with E-state index in [0.717, 1.165) is 64.6 Å². The second kappa shape index (κ2) is 10.5. The third-order valence-corrected chi connectivity index (χ3v) is 4.87. The molecule has 2 N–H and O–H groups in total. The first-order chi connectivity index (χ1) is 12.6. The van der Waals surface area contributed by atoms with Gasteiger partial charge in [-0.25, -0.2) is 4.39 Å². The predicted molar refractivity (Wildman–Crippen MR) is 105 cm³/mol. The van der Waals surface area contributed by atoms with Crippen LogP contribution < -0.4 is 10.6 Å². The summed E-state index contributed by atoms with van der Waals surface area (Å²) < 4.78 is 18.2. The van der Waals surface area contributed by atoms with E-state index in [9.17, 15) is 4.39 Å². The minimum atomic E-state index is -0.183. The first-order valence-corrected chi connectivity index (χ1v) is 9.55. The van der Waals surface area contributed by atoms with Crippen LogP contribution in [0.15, 0.2) is 29.3 Å². The number of aliphatic imine (C=N–C) groups is 1. The normalized spacial score (nSPS) is 16.0. The number of rotatable bonds is 11. The van der Waals surface area contributed by atoms with Gasteiger partial charge in [0.05, 0.1) is 6.54 Å². The SMILES string of the molecule is CCNC(=NCC1(c2ccc(F)cc2)CC1)NCCN(C)CCCOC. The number of benzene rings is 1. The van der Waals surface area contributed by atoms with E-state index in [1.807, 2.05) is 12.1 Å². The van der Waals surface area contributed by atoms with Crippen LogP contribution in [0.5, 0.6) is 0 Å². The minimum Gasteiger partial charge on any atom is -0.385 e. The molecule has 146 valence electrons. The third kappa shape index (κ3) is 6.57. The minimum absolute atomic E-state index is 0.0903. The van der Waals surface area contributed by atoms with Crippen LogP contribution >= 0.6 is 0 Å². The molecule has 0 amide bonds. The molecule has 0 spiro atoms. The molecule has 0 aliphatic heterocycles. The zero-order chi connectivity index (χ0) is 18.8. The topological polar surface area (TPSA) is 48.9 Å². The average Bonchev–Trinajstić information content (AvgIpc) is 3.41. The summed E-state index contributed by atoms with van der Waals surface area (Å²) in [5.74, 6) is 0.670. The summed E-state index contributed by atoms with van der Waals surface area (Å²) in [5.41, 5.74) is 1.28. The molecule has 1 fully saturated rings. The van der Waals surface area contributed by atoms with Crippen LogP contribution in [0.25, 0.3) is 0 Å². The van der Waals surface area contributed by atoms with Gasteiger partial charge < -0.3 is 20.3 Å². The highest BCUT2D eigenvalue weighted by Gasteiger charge is 2.44. The van der Waals surface area contributed by atoms with Crippen molar-refractivity contribution < 1.29 is 9.13 Å². The largest absolute Gasteiger partial charge is 0.385 e. The highest BCUT2D eigenvalue weighted by atomic mass is 19.1. The molecule has 26 heavy (non-hydrogen) atoms. The number of nitrogens with zero attached hydrogens (tertiary/aromatic N) is 2. The Morgan fingerprint density at radius 2 is 1.96 bits per heavy atom. The lowest BCUT2D eigenvalue weighted by Crippen LogP contribution is -2.41. The van der Waals surface area contributed by atoms with E-state index in [1.54, 1.807) is 19.2 Å². The standard InChI is InChI=1S/C20H33FN4O/c1-4-22-19(23-12-14-25(2)13-5-15-26-3)24-16-20(10-11-20)17-6-8-18(21)9-7-17/h6-9H,4-5,10-16H2,1-3H3,(H2,22,23,24). The Bertz CT molecular complexity index is 557. The lowest BCUT2D eigenvalue weighted by Gasteiger charge is -2.19. The molecule has 1 aliphatic carbocycles. The van der Waals surface area contributed by atoms with Crippen LogP contribution in [0.3, 0.4) is 0 Å². The molecular weight excluding hydrogens is 331 g/mol. The van der Waals surface area contributed by atoms with Gasteiger partial charge in [-0.05, 0) is 50.9 Å². The van der Waals surface area contributed by atoms with Gasteiger partial charge in [0.15, 0.2) is 5.96 Å². The molecule has 2 rings (SSSR count). The summed E-state index contributed by atoms with van der Waals surface area (Å²) >= 11 is 0. The van der Waals surface area contributed by atoms with Gasteiger partial charge >= 0.3 is 0 Å². The van der Waals surface area contributed by atoms with Crippen LogP contribution in [0, 0.1) is 5.82 Å². The van der Waals surface area contributed by atoms with Crippen LogP contribution in [0.4, 0.5) is 4.39 Å². The third-order valence-electron chi connectivity index (χ3n) is 4.87.